The molecule has 0 unspecified atom stereocenters. The predicted octanol–water partition coefficient (Wildman–Crippen LogP) is 12.9. The van der Waals surface area contributed by atoms with Crippen LogP contribution in [0.1, 0.15) is 38.8 Å². The van der Waals surface area contributed by atoms with Gasteiger partial charge >= 0.3 is 0 Å². The first-order valence-electron chi connectivity index (χ1n) is 19.0. The summed E-state index contributed by atoms with van der Waals surface area (Å²) in [5.74, 6) is 1.92. The van der Waals surface area contributed by atoms with E-state index in [2.05, 4.69) is 178 Å². The summed E-state index contributed by atoms with van der Waals surface area (Å²) in [4.78, 5) is 15.4. The molecule has 0 atom stereocenters. The molecule has 10 rings (SSSR count). The van der Waals surface area contributed by atoms with Crippen molar-refractivity contribution in [2.75, 3.05) is 0 Å². The Hall–Kier alpha value is -6.65. The maximum Gasteiger partial charge on any atom is 0.164 e. The van der Waals surface area contributed by atoms with Crippen LogP contribution in [0.5, 0.6) is 0 Å². The zero-order valence-corrected chi connectivity index (χ0v) is 31.5. The smallest absolute Gasteiger partial charge is 0.164 e. The van der Waals surface area contributed by atoms with Crippen molar-refractivity contribution in [2.24, 2.45) is 0 Å². The number of aromatic nitrogens is 4. The molecule has 2 aromatic heterocycles. The van der Waals surface area contributed by atoms with Crippen molar-refractivity contribution < 1.29 is 0 Å². The molecule has 0 N–H and O–H groups in total. The molecule has 0 bridgehead atoms. The molecule has 0 saturated carbocycles. The first-order valence-corrected chi connectivity index (χ1v) is 19.0. The van der Waals surface area contributed by atoms with Crippen molar-refractivity contribution in [1.82, 2.24) is 19.5 Å². The zero-order chi connectivity index (χ0) is 37.3. The lowest BCUT2D eigenvalue weighted by Crippen LogP contribution is -2.43. The molecule has 0 spiro atoms. The van der Waals surface area contributed by atoms with E-state index in [1.807, 2.05) is 24.3 Å². The molecule has 1 aliphatic carbocycles. The van der Waals surface area contributed by atoms with Crippen LogP contribution in [0.15, 0.2) is 170 Å². The largest absolute Gasteiger partial charge is 0.309 e. The van der Waals surface area contributed by atoms with Crippen LogP contribution in [0.3, 0.4) is 0 Å². The van der Waals surface area contributed by atoms with E-state index in [4.69, 9.17) is 15.0 Å². The summed E-state index contributed by atoms with van der Waals surface area (Å²) in [7, 11) is 0. The normalized spacial score (nSPS) is 14.1. The summed E-state index contributed by atoms with van der Waals surface area (Å²) in [6.07, 6.45) is 0. The van der Waals surface area contributed by atoms with Crippen molar-refractivity contribution in [1.29, 1.82) is 0 Å². The van der Waals surface area contributed by atoms with Gasteiger partial charge in [0.2, 0.25) is 0 Å². The van der Waals surface area contributed by atoms with E-state index < -0.39 is 0 Å². The highest BCUT2D eigenvalue weighted by Gasteiger charge is 2.47. The quantitative estimate of drug-likeness (QED) is 0.179. The molecule has 7 aromatic carbocycles. The highest BCUT2D eigenvalue weighted by atomic mass is 15.0. The first-order chi connectivity index (χ1) is 26.8. The molecular formula is C51H40N4. The predicted molar refractivity (Wildman–Crippen MR) is 227 cm³/mol. The van der Waals surface area contributed by atoms with Gasteiger partial charge in [-0.2, -0.15) is 0 Å². The molecule has 0 saturated heterocycles. The standard InChI is InChI=1S/C51H40N4/c1-50(2)43-27-13-11-25-39(43)41-29-30-42-40-26-12-14-28-44(40)55(46(42)45(41)51(50,3)4)38-24-16-23-37(32-38)49-53-47(34-19-9-6-10-20-34)52-48(54-49)36-22-15-21-35(31-36)33-17-7-5-8-18-33/h5-32H,1-4H3. The Labute approximate surface area is 321 Å². The van der Waals surface area contributed by atoms with Crippen LogP contribution in [0.4, 0.5) is 0 Å². The van der Waals surface area contributed by atoms with E-state index in [1.165, 1.54) is 44.1 Å². The first kappa shape index (κ1) is 33.0. The lowest BCUT2D eigenvalue weighted by Gasteiger charge is -2.48. The van der Waals surface area contributed by atoms with Gasteiger partial charge in [-0.25, -0.2) is 15.0 Å². The number of para-hydroxylation sites is 1. The lowest BCUT2D eigenvalue weighted by atomic mass is 9.55. The van der Waals surface area contributed by atoms with Crippen LogP contribution in [-0.4, -0.2) is 19.5 Å². The van der Waals surface area contributed by atoms with Crippen LogP contribution in [0, 0.1) is 0 Å². The topological polar surface area (TPSA) is 43.6 Å². The summed E-state index contributed by atoms with van der Waals surface area (Å²) in [6, 6.07) is 60.2. The van der Waals surface area contributed by atoms with Gasteiger partial charge in [-0.15, -0.1) is 0 Å². The van der Waals surface area contributed by atoms with Crippen LogP contribution in [-0.2, 0) is 10.8 Å². The Kier molecular flexibility index (Phi) is 7.47. The van der Waals surface area contributed by atoms with Crippen LogP contribution in [0.2, 0.25) is 0 Å². The minimum atomic E-state index is -0.179. The van der Waals surface area contributed by atoms with Gasteiger partial charge in [-0.05, 0) is 63.1 Å². The van der Waals surface area contributed by atoms with Crippen LogP contribution < -0.4 is 0 Å². The van der Waals surface area contributed by atoms with E-state index in [9.17, 15) is 0 Å². The van der Waals surface area contributed by atoms with Crippen molar-refractivity contribution in [3.63, 3.8) is 0 Å². The molecule has 0 amide bonds. The van der Waals surface area contributed by atoms with E-state index in [0.29, 0.717) is 17.5 Å². The van der Waals surface area contributed by atoms with Gasteiger partial charge in [0, 0.05) is 38.6 Å². The SMILES string of the molecule is CC1(C)c2ccccc2-c2ccc3c4ccccc4n(-c4cccc(-c5nc(-c6ccccc6)nc(-c6cccc(-c7ccccc7)c6)n5)c4)c3c2C1(C)C. The van der Waals surface area contributed by atoms with E-state index in [0.717, 1.165) is 33.5 Å². The molecule has 264 valence electrons. The minimum absolute atomic E-state index is 0.110. The summed E-state index contributed by atoms with van der Waals surface area (Å²) in [5, 5.41) is 2.50. The Morgan fingerprint density at radius 1 is 0.400 bits per heavy atom. The summed E-state index contributed by atoms with van der Waals surface area (Å²) in [6.45, 7) is 9.65. The fourth-order valence-corrected chi connectivity index (χ4v) is 8.70. The molecule has 9 aromatic rings. The third kappa shape index (κ3) is 5.16. The molecule has 0 fully saturated rings. The van der Waals surface area contributed by atoms with Gasteiger partial charge in [0.05, 0.1) is 11.0 Å². The van der Waals surface area contributed by atoms with Crippen molar-refractivity contribution >= 4 is 21.8 Å². The fraction of sp³-hybridized carbons (Fsp3) is 0.118. The highest BCUT2D eigenvalue weighted by Crippen LogP contribution is 2.56. The number of benzene rings is 7. The molecule has 2 heterocycles. The van der Waals surface area contributed by atoms with Gasteiger partial charge < -0.3 is 4.57 Å². The highest BCUT2D eigenvalue weighted by molar-refractivity contribution is 6.12. The Morgan fingerprint density at radius 2 is 0.964 bits per heavy atom. The third-order valence-corrected chi connectivity index (χ3v) is 12.2. The molecule has 4 nitrogen and oxygen atoms in total. The fourth-order valence-electron chi connectivity index (χ4n) is 8.70. The molecule has 1 aliphatic rings. The van der Waals surface area contributed by atoms with E-state index in [1.54, 1.807) is 0 Å². The second-order valence-electron chi connectivity index (χ2n) is 15.7. The average molecular weight is 709 g/mol. The minimum Gasteiger partial charge on any atom is -0.309 e. The summed E-state index contributed by atoms with van der Waals surface area (Å²) in [5.41, 5.74) is 13.7. The number of rotatable bonds is 5. The van der Waals surface area contributed by atoms with Gasteiger partial charge in [0.1, 0.15) is 0 Å². The average Bonchev–Trinajstić information content (AvgIpc) is 3.58. The van der Waals surface area contributed by atoms with Gasteiger partial charge in [0.25, 0.3) is 0 Å². The molecule has 0 radical (unpaired) electrons. The van der Waals surface area contributed by atoms with Gasteiger partial charge in [0.15, 0.2) is 17.5 Å². The van der Waals surface area contributed by atoms with Crippen molar-refractivity contribution in [3.8, 4) is 62.1 Å². The number of hydrogen-bond acceptors (Lipinski definition) is 3. The second kappa shape index (κ2) is 12.5. The Morgan fingerprint density at radius 3 is 1.71 bits per heavy atom. The van der Waals surface area contributed by atoms with E-state index >= 15 is 0 Å². The Balaban J connectivity index is 1.20. The van der Waals surface area contributed by atoms with Gasteiger partial charge in [-0.1, -0.05) is 173 Å². The Bertz CT molecular complexity index is 2920. The zero-order valence-electron chi connectivity index (χ0n) is 31.5. The maximum absolute atomic E-state index is 5.19. The molecular weight excluding hydrogens is 669 g/mol. The third-order valence-electron chi connectivity index (χ3n) is 12.2. The summed E-state index contributed by atoms with van der Waals surface area (Å²) >= 11 is 0. The lowest BCUT2D eigenvalue weighted by molar-refractivity contribution is 0.301. The summed E-state index contributed by atoms with van der Waals surface area (Å²) < 4.78 is 2.47. The monoisotopic (exact) mass is 708 g/mol. The molecule has 0 aliphatic heterocycles. The van der Waals surface area contributed by atoms with Crippen LogP contribution in [0.25, 0.3) is 83.9 Å². The van der Waals surface area contributed by atoms with Crippen LogP contribution >= 0.6 is 0 Å². The van der Waals surface area contributed by atoms with Crippen molar-refractivity contribution in [3.05, 3.63) is 181 Å². The second-order valence-corrected chi connectivity index (χ2v) is 15.7. The molecule has 55 heavy (non-hydrogen) atoms. The number of nitrogens with zero attached hydrogens (tertiary/aromatic N) is 4. The number of fused-ring (bicyclic) bond motifs is 7. The van der Waals surface area contributed by atoms with Crippen molar-refractivity contribution in [2.45, 2.75) is 38.5 Å². The maximum atomic E-state index is 5.19. The molecule has 4 heteroatoms. The van der Waals surface area contributed by atoms with Gasteiger partial charge in [-0.3, -0.25) is 0 Å². The van der Waals surface area contributed by atoms with E-state index in [-0.39, 0.29) is 10.8 Å². The number of hydrogen-bond donors (Lipinski definition) is 0.